The summed E-state index contributed by atoms with van der Waals surface area (Å²) in [5.74, 6) is 1.54. The number of allylic oxidation sites excluding steroid dienone is 16. The Morgan fingerprint density at radius 3 is 1.57 bits per heavy atom. The van der Waals surface area contributed by atoms with Crippen molar-refractivity contribution < 1.29 is 49.0 Å². The molecule has 0 saturated heterocycles. The van der Waals surface area contributed by atoms with Crippen LogP contribution in [0, 0.1) is 56.3 Å². The Kier molecular flexibility index (Phi) is 13.4. The zero-order chi connectivity index (χ0) is 37.6. The molecule has 0 nitrogen and oxygen atoms in total. The van der Waals surface area contributed by atoms with E-state index < -0.39 is 0 Å². The fraction of sp³-hybridized carbons (Fsp3) is 0.412. The smallest absolute Gasteiger partial charge is 0.00455 e. The SMILES string of the molecule is CC([C](=[Zr+2])C(C)c1ccccc1)c1ccccc1.CC1=CC=CC2[CH-]C3(C)C4(C)C=CC=CC4(C)C4(C)C=CC=CC4(C)C3(C)C12C.[C-]1=CC=CC1.[Cl-].[Cl-]. The van der Waals surface area contributed by atoms with Gasteiger partial charge in [-0.1, -0.05) is 115 Å². The van der Waals surface area contributed by atoms with Crippen molar-refractivity contribution in [2.45, 2.75) is 87.5 Å². The van der Waals surface area contributed by atoms with Crippen LogP contribution in [-0.2, 0) is 24.2 Å². The molecule has 284 valence electrons. The van der Waals surface area contributed by atoms with E-state index in [0.29, 0.717) is 17.8 Å². The molecule has 2 aromatic carbocycles. The Labute approximate surface area is 356 Å². The van der Waals surface area contributed by atoms with Crippen molar-refractivity contribution >= 4 is 3.21 Å². The second-order valence-electron chi connectivity index (χ2n) is 17.4. The van der Waals surface area contributed by atoms with Crippen molar-refractivity contribution in [3.8, 4) is 0 Å². The van der Waals surface area contributed by atoms with E-state index in [2.05, 4.69) is 215 Å². The molecule has 10 unspecified atom stereocenters. The largest absolute Gasteiger partial charge is 1.00 e. The van der Waals surface area contributed by atoms with Gasteiger partial charge in [-0.2, -0.15) is 6.08 Å². The van der Waals surface area contributed by atoms with Crippen LogP contribution in [0.5, 0.6) is 0 Å². The van der Waals surface area contributed by atoms with Gasteiger partial charge in [-0.05, 0) is 28.6 Å². The maximum absolute atomic E-state index is 2.99. The predicted molar refractivity (Wildman–Crippen MR) is 220 cm³/mol. The fourth-order valence-corrected chi connectivity index (χ4v) is 12.6. The third kappa shape index (κ3) is 6.13. The van der Waals surface area contributed by atoms with E-state index in [1.165, 1.54) is 16.7 Å². The average Bonchev–Trinajstić information content (AvgIpc) is 3.81. The molecule has 0 bridgehead atoms. The van der Waals surface area contributed by atoms with E-state index in [1.807, 2.05) is 12.2 Å². The third-order valence-corrected chi connectivity index (χ3v) is 18.3. The molecule has 3 heteroatoms. The van der Waals surface area contributed by atoms with Gasteiger partial charge < -0.3 is 31.2 Å². The molecule has 54 heavy (non-hydrogen) atoms. The Bertz CT molecular complexity index is 1850. The summed E-state index contributed by atoms with van der Waals surface area (Å²) in [6.45, 7) is 24.9. The second-order valence-corrected chi connectivity index (χ2v) is 18.8. The van der Waals surface area contributed by atoms with Crippen molar-refractivity contribution in [3.63, 3.8) is 0 Å². The normalized spacial score (nSPS) is 38.0. The Balaban J connectivity index is 0.000000222. The van der Waals surface area contributed by atoms with E-state index in [9.17, 15) is 0 Å². The minimum atomic E-state index is 0. The van der Waals surface area contributed by atoms with Gasteiger partial charge in [0.2, 0.25) is 0 Å². The molecular weight excluding hydrogens is 775 g/mol. The summed E-state index contributed by atoms with van der Waals surface area (Å²) >= 11 is 1.54. The topological polar surface area (TPSA) is 0 Å². The molecular formula is C51H60Cl2Zr-2. The van der Waals surface area contributed by atoms with Crippen LogP contribution in [0.1, 0.15) is 98.6 Å². The summed E-state index contributed by atoms with van der Waals surface area (Å²) in [7, 11) is 0. The van der Waals surface area contributed by atoms with Crippen molar-refractivity contribution in [3.05, 3.63) is 175 Å². The first-order valence-corrected chi connectivity index (χ1v) is 20.7. The molecule has 0 spiro atoms. The summed E-state index contributed by atoms with van der Waals surface area (Å²) in [5, 5.41) is 0. The first kappa shape index (κ1) is 44.4. The summed E-state index contributed by atoms with van der Waals surface area (Å²) in [4.78, 5) is 0. The summed E-state index contributed by atoms with van der Waals surface area (Å²) < 4.78 is 1.61. The number of hydrogen-bond donors (Lipinski definition) is 0. The molecule has 0 aliphatic heterocycles. The van der Waals surface area contributed by atoms with Crippen molar-refractivity contribution in [1.82, 2.24) is 0 Å². The van der Waals surface area contributed by atoms with Gasteiger partial charge in [-0.3, -0.25) is 6.08 Å². The minimum Gasteiger partial charge on any atom is -1.00 e. The Hall–Kier alpha value is -2.31. The molecule has 0 amide bonds. The number of benzene rings is 2. The van der Waals surface area contributed by atoms with E-state index in [0.717, 1.165) is 6.42 Å². The first-order chi connectivity index (χ1) is 24.6. The van der Waals surface area contributed by atoms with Crippen molar-refractivity contribution in [2.24, 2.45) is 43.8 Å². The monoisotopic (exact) mass is 832 g/mol. The van der Waals surface area contributed by atoms with Crippen molar-refractivity contribution in [1.29, 1.82) is 0 Å². The van der Waals surface area contributed by atoms with E-state index >= 15 is 0 Å². The van der Waals surface area contributed by atoms with Crippen LogP contribution < -0.4 is 24.8 Å². The van der Waals surface area contributed by atoms with Gasteiger partial charge in [0.1, 0.15) is 0 Å². The van der Waals surface area contributed by atoms with Gasteiger partial charge in [-0.25, -0.2) is 12.2 Å². The van der Waals surface area contributed by atoms with Crippen LogP contribution in [0.15, 0.2) is 151 Å². The van der Waals surface area contributed by atoms with Gasteiger partial charge in [0.15, 0.2) is 0 Å². The molecule has 2 fully saturated rings. The molecule has 2 saturated carbocycles. The van der Waals surface area contributed by atoms with Crippen LogP contribution >= 0.6 is 0 Å². The van der Waals surface area contributed by atoms with Crippen LogP contribution in [0.4, 0.5) is 0 Å². The van der Waals surface area contributed by atoms with E-state index in [1.54, 1.807) is 27.4 Å². The molecule has 8 rings (SSSR count). The first-order valence-electron chi connectivity index (χ1n) is 19.5. The van der Waals surface area contributed by atoms with E-state index in [4.69, 9.17) is 0 Å². The zero-order valence-electron chi connectivity index (χ0n) is 34.1. The van der Waals surface area contributed by atoms with Gasteiger partial charge >= 0.3 is 125 Å². The average molecular weight is 835 g/mol. The zero-order valence-corrected chi connectivity index (χ0v) is 38.1. The van der Waals surface area contributed by atoms with Crippen LogP contribution in [0.3, 0.4) is 0 Å². The van der Waals surface area contributed by atoms with Gasteiger partial charge in [0.05, 0.1) is 0 Å². The summed E-state index contributed by atoms with van der Waals surface area (Å²) in [6.07, 6.45) is 39.3. The number of fused-ring (bicyclic) bond motifs is 8. The third-order valence-electron chi connectivity index (χ3n) is 16.2. The van der Waals surface area contributed by atoms with Crippen LogP contribution in [-0.4, -0.2) is 3.21 Å². The van der Waals surface area contributed by atoms with Crippen LogP contribution in [0.25, 0.3) is 0 Å². The predicted octanol–water partition coefficient (Wildman–Crippen LogP) is 7.27. The van der Waals surface area contributed by atoms with Gasteiger partial charge in [0.25, 0.3) is 0 Å². The summed E-state index contributed by atoms with van der Waals surface area (Å²) in [6, 6.07) is 21.6. The number of rotatable bonds is 4. The maximum atomic E-state index is 2.99. The maximum Gasteiger partial charge on any atom is 0.00455 e. The molecule has 10 atom stereocenters. The Morgan fingerprint density at radius 2 is 1.13 bits per heavy atom. The number of halogens is 2. The number of hydrogen-bond acceptors (Lipinski definition) is 0. The molecule has 2 aromatic rings. The van der Waals surface area contributed by atoms with Gasteiger partial charge in [0, 0.05) is 10.8 Å². The van der Waals surface area contributed by atoms with Crippen LogP contribution in [0.2, 0.25) is 0 Å². The van der Waals surface area contributed by atoms with Gasteiger partial charge in [-0.15, -0.1) is 23.8 Å². The fourth-order valence-electron chi connectivity index (χ4n) is 11.8. The molecule has 0 N–H and O–H groups in total. The molecule has 6 aliphatic carbocycles. The standard InChI is InChI=1S/C29H37.C17H18.C5H5.2ClH.Zr/c1-21-14-13-15-22-20-27(6)25(4)18-10-9-16-23(25,2)24(3)17-11-12-19-26(24,5)29(27,8)28(21,22)7;1-14(16-9-5-3-6-10-16)13-15(2)17-11-7-4-8-12-17;1-2-4-5-3-1;;;/h9-20,22H,1-8H3;3-12,14-15H,1-2H3;1-3H,4H2;2*1H;/q-1;;-1;;;+2/p-2. The minimum absolute atomic E-state index is 0. The summed E-state index contributed by atoms with van der Waals surface area (Å²) in [5.41, 5.74) is 4.58. The van der Waals surface area contributed by atoms with Crippen molar-refractivity contribution in [2.75, 3.05) is 0 Å². The molecule has 6 aliphatic rings. The quantitative estimate of drug-likeness (QED) is 0.285. The molecule has 0 heterocycles. The van der Waals surface area contributed by atoms with E-state index in [-0.39, 0.29) is 62.7 Å². The molecule has 0 aromatic heterocycles. The Morgan fingerprint density at radius 1 is 0.667 bits per heavy atom. The molecule has 0 radical (unpaired) electrons. The second kappa shape index (κ2) is 16.3.